The van der Waals surface area contributed by atoms with Gasteiger partial charge in [0.2, 0.25) is 0 Å². The Morgan fingerprint density at radius 3 is 2.36 bits per heavy atom. The van der Waals surface area contributed by atoms with Crippen LogP contribution < -0.4 is 14.4 Å². The normalized spacial score (nSPS) is 17.6. The molecule has 4 heterocycles. The van der Waals surface area contributed by atoms with Gasteiger partial charge >= 0.3 is 232 Å². The van der Waals surface area contributed by atoms with Gasteiger partial charge < -0.3 is 0 Å². The van der Waals surface area contributed by atoms with E-state index in [4.69, 9.17) is 9.72 Å². The van der Waals surface area contributed by atoms with Crippen molar-refractivity contribution in [2.75, 3.05) is 18.1 Å². The van der Waals surface area contributed by atoms with Gasteiger partial charge in [0, 0.05) is 0 Å². The molecule has 3 aromatic heterocycles. The Morgan fingerprint density at radius 1 is 1.16 bits per heavy atom. The number of alkyl halides is 3. The number of nitrogens with zero attached hydrogens (tertiary/aromatic N) is 6. The third-order valence-corrected chi connectivity index (χ3v) is 15.5. The minimum atomic E-state index is -4.46. The quantitative estimate of drug-likeness (QED) is 0.307. The van der Waals surface area contributed by atoms with E-state index in [0.717, 1.165) is 20.3 Å². The fourth-order valence-corrected chi connectivity index (χ4v) is 10.1. The molecule has 0 aliphatic carbocycles. The van der Waals surface area contributed by atoms with Crippen LogP contribution in [0, 0.1) is 12.3 Å². The second-order valence-electron chi connectivity index (χ2n) is 13.7. The number of carbonyl (C=O) groups excluding carboxylic acids is 1. The third kappa shape index (κ3) is 6.92. The van der Waals surface area contributed by atoms with Gasteiger partial charge in [0.05, 0.1) is 0 Å². The molecule has 0 aromatic carbocycles. The van der Waals surface area contributed by atoms with Gasteiger partial charge in [-0.2, -0.15) is 13.2 Å². The Labute approximate surface area is 258 Å². The van der Waals surface area contributed by atoms with E-state index in [9.17, 15) is 26.4 Å². The zero-order chi connectivity index (χ0) is 33.0. The summed E-state index contributed by atoms with van der Waals surface area (Å²) in [7, 11) is -2.66. The molecule has 1 aliphatic heterocycles. The van der Waals surface area contributed by atoms with E-state index in [1.807, 2.05) is 4.90 Å². The summed E-state index contributed by atoms with van der Waals surface area (Å²) in [5.41, 5.74) is -2.17. The second-order valence-corrected chi connectivity index (χ2v) is 27.0. The summed E-state index contributed by atoms with van der Waals surface area (Å²) in [5, 5.41) is 8.33. The second kappa shape index (κ2) is 11.4. The van der Waals surface area contributed by atoms with Crippen molar-refractivity contribution in [2.45, 2.75) is 79.7 Å². The molecule has 0 unspecified atom stereocenters. The van der Waals surface area contributed by atoms with E-state index in [1.165, 1.54) is 46.9 Å². The van der Waals surface area contributed by atoms with Gasteiger partial charge in [0.1, 0.15) is 0 Å². The number of carbonyl (C=O) groups is 1. The zero-order valence-electron chi connectivity index (χ0n) is 26.4. The van der Waals surface area contributed by atoms with Gasteiger partial charge in [-0.05, 0) is 13.8 Å². The number of amides is 1. The fraction of sp³-hybridized carbons (Fsp3) is 0.571. The van der Waals surface area contributed by atoms with E-state index < -0.39 is 52.9 Å². The molecule has 3 aromatic rings. The summed E-state index contributed by atoms with van der Waals surface area (Å²) in [6.45, 7) is 7.77. The summed E-state index contributed by atoms with van der Waals surface area (Å²) >= 11 is -2.17. The molecule has 16 heteroatoms. The first-order valence-corrected chi connectivity index (χ1v) is 23.1. The number of sulfonamides is 1. The Balaban J connectivity index is 1.72. The van der Waals surface area contributed by atoms with E-state index in [1.54, 1.807) is 7.05 Å². The van der Waals surface area contributed by atoms with Gasteiger partial charge in [-0.3, -0.25) is 0 Å². The van der Waals surface area contributed by atoms with Crippen LogP contribution in [0.15, 0.2) is 35.5 Å². The predicted octanol–water partition coefficient (Wildman–Crippen LogP) is 5.09. The van der Waals surface area contributed by atoms with Gasteiger partial charge in [-0.1, -0.05) is 0 Å². The van der Waals surface area contributed by atoms with Crippen molar-refractivity contribution in [3.8, 4) is 11.7 Å². The number of nitrogens with one attached hydrogen (secondary N) is 1. The van der Waals surface area contributed by atoms with E-state index >= 15 is 0 Å². The van der Waals surface area contributed by atoms with Crippen LogP contribution in [0.3, 0.4) is 0 Å². The molecule has 0 bridgehead atoms. The van der Waals surface area contributed by atoms with E-state index in [2.05, 4.69) is 46.0 Å². The Bertz CT molecular complexity index is 1660. The molecule has 1 aliphatic rings. The minimum absolute atomic E-state index is 0.0205. The third-order valence-electron chi connectivity index (χ3n) is 8.10. The first-order chi connectivity index (χ1) is 20.0. The van der Waals surface area contributed by atoms with Crippen LogP contribution in [-0.4, -0.2) is 77.0 Å². The molecule has 0 spiro atoms. The molecule has 44 heavy (non-hydrogen) atoms. The van der Waals surface area contributed by atoms with Crippen molar-refractivity contribution in [3.05, 3.63) is 41.9 Å². The molecule has 242 valence electrons. The summed E-state index contributed by atoms with van der Waals surface area (Å²) in [6.07, 6.45) is -0.752. The van der Waals surface area contributed by atoms with Crippen LogP contribution in [-0.2, 0) is 17.1 Å². The molecule has 0 radical (unpaired) electrons. The van der Waals surface area contributed by atoms with Gasteiger partial charge in [0.25, 0.3) is 0 Å². The molecular formula is C28H40F3GeN7O4S. The molecule has 1 atom stereocenters. The van der Waals surface area contributed by atoms with Gasteiger partial charge in [0.15, 0.2) is 0 Å². The van der Waals surface area contributed by atoms with Crippen molar-refractivity contribution < 1.29 is 31.1 Å². The zero-order valence-corrected chi connectivity index (χ0v) is 29.4. The number of halogens is 3. The van der Waals surface area contributed by atoms with Crippen molar-refractivity contribution in [3.63, 3.8) is 0 Å². The average molecular weight is 700 g/mol. The summed E-state index contributed by atoms with van der Waals surface area (Å²) in [6, 6.07) is 4.41. The molecular weight excluding hydrogens is 660 g/mol. The summed E-state index contributed by atoms with van der Waals surface area (Å²) in [4.78, 5) is 20.3. The monoisotopic (exact) mass is 701 g/mol. The maximum absolute atomic E-state index is 13.6. The van der Waals surface area contributed by atoms with Crippen molar-refractivity contribution in [2.24, 2.45) is 12.5 Å². The molecule has 0 saturated carbocycles. The number of hydrogen-bond acceptors (Lipinski definition) is 8. The average Bonchev–Trinajstić information content (AvgIpc) is 3.57. The Hall–Kier alpha value is -3.08. The maximum atomic E-state index is 13.6. The number of rotatable bonds is 9. The Kier molecular flexibility index (Phi) is 8.74. The first-order valence-electron chi connectivity index (χ1n) is 14.1. The van der Waals surface area contributed by atoms with Crippen LogP contribution in [0.1, 0.15) is 50.2 Å². The predicted molar refractivity (Wildman–Crippen MR) is 162 cm³/mol. The SMILES string of the molecule is Cc1nn(C)cc1S(=O)(=O)NC(=O)c1ccc(-n2ccc(OCC(C)(C)C(F)(F)F)n2)nc1N1C[C@H]([Ge]([CH3])([CH3])[CH3])CC1(C)C. The number of anilines is 1. The van der Waals surface area contributed by atoms with E-state index in [0.29, 0.717) is 11.3 Å². The van der Waals surface area contributed by atoms with E-state index in [-0.39, 0.29) is 33.7 Å². The standard InChI is InChI=1S/C28H40F3GeN7O4S/c1-18-21(16-37(9)34-18)44(41,42)36-25(40)20-10-11-22(33-24(20)38-15-19(32(6,7)8)14-27(38,4)5)39-13-12-23(35-39)43-17-26(2,3)28(29,30)31/h10-13,16,19H,14-15,17H2,1-9H3,(H,36,40)/t19-/m1/s1. The van der Waals surface area contributed by atoms with Crippen LogP contribution in [0.4, 0.5) is 19.0 Å². The number of ether oxygens (including phenoxy) is 1. The number of hydrogen-bond donors (Lipinski definition) is 1. The van der Waals surface area contributed by atoms with Gasteiger partial charge in [-0.15, -0.1) is 0 Å². The Morgan fingerprint density at radius 2 is 1.82 bits per heavy atom. The van der Waals surface area contributed by atoms with Crippen LogP contribution in [0.5, 0.6) is 5.88 Å². The first kappa shape index (κ1) is 33.8. The van der Waals surface area contributed by atoms with Crippen LogP contribution >= 0.6 is 0 Å². The molecule has 1 amide bonds. The molecule has 11 nitrogen and oxygen atoms in total. The molecule has 1 saturated heterocycles. The van der Waals surface area contributed by atoms with Gasteiger partial charge in [-0.25, -0.2) is 0 Å². The number of aromatic nitrogens is 5. The van der Waals surface area contributed by atoms with Crippen LogP contribution in [0.2, 0.25) is 22.0 Å². The molecule has 4 rings (SSSR count). The van der Waals surface area contributed by atoms with Crippen LogP contribution in [0.25, 0.3) is 5.82 Å². The summed E-state index contributed by atoms with van der Waals surface area (Å²) < 4.78 is 76.9. The molecule has 1 fully saturated rings. The topological polar surface area (TPSA) is 124 Å². The fourth-order valence-electron chi connectivity index (χ4n) is 5.07. The van der Waals surface area contributed by atoms with Crippen molar-refractivity contribution in [1.29, 1.82) is 0 Å². The number of pyridine rings is 1. The molecule has 1 N–H and O–H groups in total. The number of aryl methyl sites for hydroxylation is 2. The van der Waals surface area contributed by atoms with Crippen molar-refractivity contribution in [1.82, 2.24) is 29.3 Å². The summed E-state index contributed by atoms with van der Waals surface area (Å²) in [5.74, 6) is 6.68. The van der Waals surface area contributed by atoms with Crippen molar-refractivity contribution >= 4 is 35.0 Å².